The molecule has 0 amide bonds. The van der Waals surface area contributed by atoms with Crippen molar-refractivity contribution in [3.8, 4) is 5.75 Å². The summed E-state index contributed by atoms with van der Waals surface area (Å²) in [5, 5.41) is 13.9. The standard InChI is InChI=1S/C30H37N3O8S2/c1-20-5-8-27-26(13-20)29(35)28(17-32-27)43(38,39)33-11-9-30(10-12-33)15-21(18-41-30)31-16-22(34)19-40-23-3-2-4-25(14-23)42(36,37)24-6-7-24/h2-5,8,13-14,17,21-22,24,31,34H,6-7,9-12,15-16,18-19H2,1H3,(H,32,35). The van der Waals surface area contributed by atoms with E-state index < -0.39 is 37.0 Å². The Morgan fingerprint density at radius 3 is 2.65 bits per heavy atom. The zero-order valence-corrected chi connectivity index (χ0v) is 25.6. The number of aryl methyl sites for hydroxylation is 1. The third kappa shape index (κ3) is 6.24. The summed E-state index contributed by atoms with van der Waals surface area (Å²) >= 11 is 0. The molecule has 3 aromatic rings. The number of pyridine rings is 1. The summed E-state index contributed by atoms with van der Waals surface area (Å²) in [6.45, 7) is 3.03. The third-order valence-electron chi connectivity index (χ3n) is 8.64. The van der Waals surface area contributed by atoms with Crippen LogP contribution in [0.3, 0.4) is 0 Å². The van der Waals surface area contributed by atoms with E-state index in [-0.39, 0.29) is 47.3 Å². The van der Waals surface area contributed by atoms with Crippen LogP contribution >= 0.6 is 0 Å². The molecule has 11 nitrogen and oxygen atoms in total. The molecule has 2 aliphatic heterocycles. The van der Waals surface area contributed by atoms with Gasteiger partial charge in [0, 0.05) is 42.8 Å². The van der Waals surface area contributed by atoms with Gasteiger partial charge in [-0.3, -0.25) is 4.79 Å². The fraction of sp³-hybridized carbons (Fsp3) is 0.500. The summed E-state index contributed by atoms with van der Waals surface area (Å²) in [4.78, 5) is 16.0. The molecule has 2 aromatic carbocycles. The topological polar surface area (TPSA) is 155 Å². The van der Waals surface area contributed by atoms with Gasteiger partial charge < -0.3 is 24.9 Å². The van der Waals surface area contributed by atoms with Crippen LogP contribution in [0.4, 0.5) is 0 Å². The number of H-pyrrole nitrogens is 1. The Kier molecular flexibility index (Phi) is 8.16. The molecule has 0 bridgehead atoms. The first-order valence-corrected chi connectivity index (χ1v) is 17.6. The minimum atomic E-state index is -3.98. The van der Waals surface area contributed by atoms with Crippen LogP contribution in [0.15, 0.2) is 63.2 Å². The molecule has 1 spiro atoms. The number of fused-ring (bicyclic) bond motifs is 1. The summed E-state index contributed by atoms with van der Waals surface area (Å²) in [6, 6.07) is 11.7. The van der Waals surface area contributed by atoms with Gasteiger partial charge in [0.1, 0.15) is 23.4 Å². The average Bonchev–Trinajstić information content (AvgIpc) is 3.79. The molecule has 43 heavy (non-hydrogen) atoms. The van der Waals surface area contributed by atoms with Gasteiger partial charge in [-0.1, -0.05) is 17.7 Å². The molecule has 13 heteroatoms. The van der Waals surface area contributed by atoms with Crippen LogP contribution in [0.25, 0.3) is 10.9 Å². The highest BCUT2D eigenvalue weighted by atomic mass is 32.2. The molecule has 2 unspecified atom stereocenters. The number of hydrogen-bond donors (Lipinski definition) is 3. The monoisotopic (exact) mass is 631 g/mol. The molecule has 3 fully saturated rings. The summed E-state index contributed by atoms with van der Waals surface area (Å²) < 4.78 is 65.0. The highest BCUT2D eigenvalue weighted by Crippen LogP contribution is 2.37. The van der Waals surface area contributed by atoms with Crippen molar-refractivity contribution in [3.63, 3.8) is 0 Å². The van der Waals surface area contributed by atoms with Gasteiger partial charge in [-0.15, -0.1) is 0 Å². The second-order valence-corrected chi connectivity index (χ2v) is 16.1. The third-order valence-corrected chi connectivity index (χ3v) is 12.8. The molecule has 2 saturated heterocycles. The number of hydrogen-bond acceptors (Lipinski definition) is 9. The highest BCUT2D eigenvalue weighted by Gasteiger charge is 2.45. The fourth-order valence-corrected chi connectivity index (χ4v) is 9.15. The van der Waals surface area contributed by atoms with E-state index in [1.54, 1.807) is 30.3 Å². The van der Waals surface area contributed by atoms with Gasteiger partial charge in [-0.2, -0.15) is 4.31 Å². The highest BCUT2D eigenvalue weighted by molar-refractivity contribution is 7.92. The first-order chi connectivity index (χ1) is 20.5. The van der Waals surface area contributed by atoms with E-state index in [9.17, 15) is 26.7 Å². The van der Waals surface area contributed by atoms with Crippen molar-refractivity contribution < 1.29 is 31.4 Å². The zero-order valence-electron chi connectivity index (χ0n) is 24.0. The smallest absolute Gasteiger partial charge is 0.248 e. The maximum Gasteiger partial charge on any atom is 0.248 e. The quantitative estimate of drug-likeness (QED) is 0.305. The zero-order chi connectivity index (χ0) is 30.4. The van der Waals surface area contributed by atoms with Gasteiger partial charge in [0.05, 0.1) is 22.4 Å². The van der Waals surface area contributed by atoms with E-state index in [2.05, 4.69) is 10.3 Å². The van der Waals surface area contributed by atoms with Crippen LogP contribution < -0.4 is 15.5 Å². The number of aliphatic hydroxyl groups excluding tert-OH is 1. The lowest BCUT2D eigenvalue weighted by Gasteiger charge is -2.37. The van der Waals surface area contributed by atoms with Crippen LogP contribution in [0.5, 0.6) is 5.75 Å². The second-order valence-electron chi connectivity index (χ2n) is 11.9. The van der Waals surface area contributed by atoms with Crippen molar-refractivity contribution in [1.29, 1.82) is 0 Å². The summed E-state index contributed by atoms with van der Waals surface area (Å²) in [6.07, 6.45) is 3.51. The predicted octanol–water partition coefficient (Wildman–Crippen LogP) is 2.11. The molecular formula is C30H37N3O8S2. The largest absolute Gasteiger partial charge is 0.491 e. The van der Waals surface area contributed by atoms with Crippen LogP contribution in [-0.2, 0) is 24.6 Å². The van der Waals surface area contributed by atoms with Gasteiger partial charge in [0.25, 0.3) is 0 Å². The normalized spacial score (nSPS) is 21.8. The van der Waals surface area contributed by atoms with Crippen molar-refractivity contribution in [2.24, 2.45) is 0 Å². The number of sulfone groups is 1. The van der Waals surface area contributed by atoms with E-state index in [1.807, 2.05) is 13.0 Å². The Morgan fingerprint density at radius 2 is 1.91 bits per heavy atom. The van der Waals surface area contributed by atoms with E-state index in [0.717, 1.165) is 5.56 Å². The number of aromatic amines is 1. The van der Waals surface area contributed by atoms with Crippen LogP contribution in [0.2, 0.25) is 0 Å². The van der Waals surface area contributed by atoms with E-state index in [0.29, 0.717) is 55.4 Å². The SMILES string of the molecule is Cc1ccc2[nH]cc(S(=O)(=O)N3CCC4(CC3)CC(NCC(O)COc3cccc(S(=O)(=O)C5CC5)c3)CO4)c(=O)c2c1. The summed E-state index contributed by atoms with van der Waals surface area (Å²) in [7, 11) is -7.30. The molecule has 2 atom stereocenters. The average molecular weight is 632 g/mol. The number of benzene rings is 2. The molecule has 6 rings (SSSR count). The Bertz CT molecular complexity index is 1780. The first-order valence-electron chi connectivity index (χ1n) is 14.6. The molecule has 3 heterocycles. The second kappa shape index (κ2) is 11.6. The summed E-state index contributed by atoms with van der Waals surface area (Å²) in [5.74, 6) is 0.395. The molecule has 3 aliphatic rings. The van der Waals surface area contributed by atoms with Gasteiger partial charge in [-0.05, 0) is 69.4 Å². The minimum absolute atomic E-state index is 0.00105. The Hall–Kier alpha value is -2.81. The lowest BCUT2D eigenvalue weighted by molar-refractivity contribution is -0.0312. The Balaban J connectivity index is 0.993. The number of rotatable bonds is 10. The molecule has 3 N–H and O–H groups in total. The van der Waals surface area contributed by atoms with E-state index >= 15 is 0 Å². The molecule has 1 aliphatic carbocycles. The van der Waals surface area contributed by atoms with Crippen molar-refractivity contribution >= 4 is 30.8 Å². The predicted molar refractivity (Wildman–Crippen MR) is 161 cm³/mol. The number of aromatic nitrogens is 1. The lowest BCUT2D eigenvalue weighted by Crippen LogP contribution is -2.47. The lowest BCUT2D eigenvalue weighted by atomic mass is 9.88. The maximum atomic E-state index is 13.4. The van der Waals surface area contributed by atoms with Crippen molar-refractivity contribution in [2.75, 3.05) is 32.8 Å². The number of sulfonamides is 1. The Labute approximate surface area is 251 Å². The van der Waals surface area contributed by atoms with E-state index in [4.69, 9.17) is 9.47 Å². The van der Waals surface area contributed by atoms with Crippen LogP contribution in [0.1, 0.15) is 37.7 Å². The molecule has 1 saturated carbocycles. The van der Waals surface area contributed by atoms with Crippen LogP contribution in [0, 0.1) is 6.92 Å². The van der Waals surface area contributed by atoms with Gasteiger partial charge in [0.2, 0.25) is 15.5 Å². The van der Waals surface area contributed by atoms with Crippen molar-refractivity contribution in [3.05, 3.63) is 64.4 Å². The number of ether oxygens (including phenoxy) is 2. The molecule has 1 aromatic heterocycles. The minimum Gasteiger partial charge on any atom is -0.491 e. The van der Waals surface area contributed by atoms with Gasteiger partial charge in [0.15, 0.2) is 9.84 Å². The molecule has 232 valence electrons. The summed E-state index contributed by atoms with van der Waals surface area (Å²) in [5.41, 5.74) is 0.499. The van der Waals surface area contributed by atoms with Crippen molar-refractivity contribution in [2.45, 2.75) is 71.8 Å². The van der Waals surface area contributed by atoms with Gasteiger partial charge in [-0.25, -0.2) is 16.8 Å². The molecule has 0 radical (unpaired) electrons. The number of nitrogens with one attached hydrogen (secondary N) is 2. The fourth-order valence-electron chi connectivity index (χ4n) is 5.97. The first kappa shape index (κ1) is 30.2. The number of nitrogens with zero attached hydrogens (tertiary/aromatic N) is 1. The van der Waals surface area contributed by atoms with Gasteiger partial charge >= 0.3 is 0 Å². The Morgan fingerprint density at radius 1 is 1.14 bits per heavy atom. The number of piperidine rings is 1. The number of aliphatic hydroxyl groups is 1. The van der Waals surface area contributed by atoms with Crippen LogP contribution in [-0.4, -0.2) is 87.1 Å². The van der Waals surface area contributed by atoms with Crippen molar-refractivity contribution in [1.82, 2.24) is 14.6 Å². The molecular weight excluding hydrogens is 594 g/mol. The van der Waals surface area contributed by atoms with E-state index in [1.165, 1.54) is 16.6 Å². The maximum absolute atomic E-state index is 13.4.